The van der Waals surface area contributed by atoms with Crippen molar-refractivity contribution in [1.29, 1.82) is 0 Å². The highest BCUT2D eigenvalue weighted by atomic mass is 16.6. The van der Waals surface area contributed by atoms with Crippen molar-refractivity contribution in [1.82, 2.24) is 4.90 Å². The molecule has 90 valence electrons. The van der Waals surface area contributed by atoms with Crippen molar-refractivity contribution in [3.8, 4) is 0 Å². The van der Waals surface area contributed by atoms with Gasteiger partial charge >= 0.3 is 6.09 Å². The summed E-state index contributed by atoms with van der Waals surface area (Å²) in [5.74, 6) is 0.318. The Labute approximate surface area is 95.9 Å². The summed E-state index contributed by atoms with van der Waals surface area (Å²) in [4.78, 5) is 25.0. The van der Waals surface area contributed by atoms with Crippen LogP contribution >= 0.6 is 0 Å². The molecule has 0 aromatic heterocycles. The van der Waals surface area contributed by atoms with E-state index in [1.807, 2.05) is 20.8 Å². The largest absolute Gasteiger partial charge is 0.444 e. The van der Waals surface area contributed by atoms with Crippen LogP contribution in [0.3, 0.4) is 0 Å². The Morgan fingerprint density at radius 3 is 2.44 bits per heavy atom. The molecule has 0 aromatic rings. The zero-order valence-corrected chi connectivity index (χ0v) is 10.2. The fraction of sp³-hybridized carbons (Fsp3) is 0.833. The lowest BCUT2D eigenvalue weighted by molar-refractivity contribution is -0.137. The molecule has 0 aromatic carbocycles. The topological polar surface area (TPSA) is 46.6 Å². The molecule has 16 heavy (non-hydrogen) atoms. The molecule has 1 aliphatic carbocycles. The number of hydrogen-bond donors (Lipinski definition) is 0. The van der Waals surface area contributed by atoms with Crippen molar-refractivity contribution in [2.24, 2.45) is 5.41 Å². The number of rotatable bonds is 0. The quantitative estimate of drug-likeness (QED) is 0.633. The molecule has 1 heterocycles. The Kier molecular flexibility index (Phi) is 2.48. The molecule has 4 nitrogen and oxygen atoms in total. The Balaban J connectivity index is 1.94. The van der Waals surface area contributed by atoms with Gasteiger partial charge < -0.3 is 9.64 Å². The van der Waals surface area contributed by atoms with Crippen LogP contribution in [-0.4, -0.2) is 35.5 Å². The van der Waals surface area contributed by atoms with E-state index in [-0.39, 0.29) is 11.5 Å². The first-order valence-electron chi connectivity index (χ1n) is 5.84. The zero-order valence-electron chi connectivity index (χ0n) is 10.2. The number of amides is 1. The lowest BCUT2D eigenvalue weighted by atomic mass is 9.67. The second-order valence-corrected chi connectivity index (χ2v) is 5.86. The lowest BCUT2D eigenvalue weighted by Crippen LogP contribution is -2.44. The lowest BCUT2D eigenvalue weighted by Gasteiger charge is -2.36. The van der Waals surface area contributed by atoms with E-state index in [0.29, 0.717) is 25.3 Å². The Bertz CT molecular complexity index is 332. The number of hydrogen-bond acceptors (Lipinski definition) is 3. The third kappa shape index (κ3) is 1.93. The van der Waals surface area contributed by atoms with E-state index in [4.69, 9.17) is 4.74 Å². The van der Waals surface area contributed by atoms with Crippen LogP contribution in [0.2, 0.25) is 0 Å². The van der Waals surface area contributed by atoms with E-state index in [9.17, 15) is 9.59 Å². The van der Waals surface area contributed by atoms with Crippen molar-refractivity contribution in [3.63, 3.8) is 0 Å². The number of ether oxygens (including phenoxy) is 1. The summed E-state index contributed by atoms with van der Waals surface area (Å²) in [5.41, 5.74) is -0.673. The third-order valence-electron chi connectivity index (χ3n) is 3.43. The van der Waals surface area contributed by atoms with Crippen LogP contribution in [0.15, 0.2) is 0 Å². The van der Waals surface area contributed by atoms with Crippen molar-refractivity contribution in [2.75, 3.05) is 13.1 Å². The van der Waals surface area contributed by atoms with Gasteiger partial charge in [-0.3, -0.25) is 4.79 Å². The highest BCUT2D eigenvalue weighted by Gasteiger charge is 2.51. The maximum Gasteiger partial charge on any atom is 0.410 e. The van der Waals surface area contributed by atoms with Gasteiger partial charge in [0.1, 0.15) is 11.4 Å². The Hall–Kier alpha value is -1.06. The van der Waals surface area contributed by atoms with Crippen LogP contribution in [-0.2, 0) is 9.53 Å². The summed E-state index contributed by atoms with van der Waals surface area (Å²) in [5, 5.41) is 0. The summed E-state index contributed by atoms with van der Waals surface area (Å²) in [6.07, 6.45) is 2.14. The molecule has 1 spiro atoms. The molecule has 0 bridgehead atoms. The van der Waals surface area contributed by atoms with Gasteiger partial charge in [0.25, 0.3) is 0 Å². The maximum absolute atomic E-state index is 11.8. The summed E-state index contributed by atoms with van der Waals surface area (Å²) in [7, 11) is 0. The molecule has 0 unspecified atom stereocenters. The maximum atomic E-state index is 11.8. The SMILES string of the molecule is CC(C)(C)OC(=O)N1CC[C@]2(CCC2=O)C1. The molecular weight excluding hydrogens is 206 g/mol. The predicted octanol–water partition coefficient (Wildman–Crippen LogP) is 1.98. The van der Waals surface area contributed by atoms with E-state index in [1.54, 1.807) is 4.90 Å². The number of Topliss-reactive ketones (excluding diaryl/α,β-unsaturated/α-hetero) is 1. The molecule has 1 saturated heterocycles. The molecule has 4 heteroatoms. The van der Waals surface area contributed by atoms with Crippen molar-refractivity contribution < 1.29 is 14.3 Å². The predicted molar refractivity (Wildman–Crippen MR) is 59.1 cm³/mol. The van der Waals surface area contributed by atoms with E-state index in [1.165, 1.54) is 0 Å². The molecule has 0 N–H and O–H groups in total. The van der Waals surface area contributed by atoms with E-state index in [0.717, 1.165) is 12.8 Å². The number of nitrogens with zero attached hydrogens (tertiary/aromatic N) is 1. The average molecular weight is 225 g/mol. The molecule has 2 rings (SSSR count). The van der Waals surface area contributed by atoms with Crippen LogP contribution in [0.1, 0.15) is 40.0 Å². The molecule has 2 fully saturated rings. The Morgan fingerprint density at radius 1 is 1.38 bits per heavy atom. The molecule has 1 aliphatic heterocycles. The first-order chi connectivity index (χ1) is 7.32. The van der Waals surface area contributed by atoms with Crippen molar-refractivity contribution in [3.05, 3.63) is 0 Å². The second-order valence-electron chi connectivity index (χ2n) is 5.86. The van der Waals surface area contributed by atoms with Crippen LogP contribution < -0.4 is 0 Å². The average Bonchev–Trinajstić information content (AvgIpc) is 2.59. The van der Waals surface area contributed by atoms with Gasteiger partial charge in [-0.15, -0.1) is 0 Å². The number of carbonyl (C=O) groups is 2. The number of likely N-dealkylation sites (tertiary alicyclic amines) is 1. The first-order valence-corrected chi connectivity index (χ1v) is 5.84. The van der Waals surface area contributed by atoms with Gasteiger partial charge in [0.15, 0.2) is 0 Å². The van der Waals surface area contributed by atoms with Gasteiger partial charge in [-0.2, -0.15) is 0 Å². The minimum atomic E-state index is -0.462. The van der Waals surface area contributed by atoms with E-state index >= 15 is 0 Å². The molecular formula is C12H19NO3. The van der Waals surface area contributed by atoms with Crippen LogP contribution in [0.5, 0.6) is 0 Å². The van der Waals surface area contributed by atoms with Gasteiger partial charge in [0.05, 0.1) is 0 Å². The summed E-state index contributed by atoms with van der Waals surface area (Å²) < 4.78 is 5.29. The van der Waals surface area contributed by atoms with Gasteiger partial charge in [0.2, 0.25) is 0 Å². The fourth-order valence-corrected chi connectivity index (χ4v) is 2.37. The van der Waals surface area contributed by atoms with Gasteiger partial charge in [-0.25, -0.2) is 4.79 Å². The van der Waals surface area contributed by atoms with E-state index < -0.39 is 5.60 Å². The molecule has 2 aliphatic rings. The normalized spacial score (nSPS) is 29.4. The van der Waals surface area contributed by atoms with Gasteiger partial charge in [-0.1, -0.05) is 0 Å². The highest BCUT2D eigenvalue weighted by Crippen LogP contribution is 2.45. The van der Waals surface area contributed by atoms with Crippen LogP contribution in [0.25, 0.3) is 0 Å². The number of ketones is 1. The molecule has 1 amide bonds. The monoisotopic (exact) mass is 225 g/mol. The van der Waals surface area contributed by atoms with Crippen LogP contribution in [0, 0.1) is 5.41 Å². The van der Waals surface area contributed by atoms with Gasteiger partial charge in [-0.05, 0) is 33.6 Å². The standard InChI is InChI=1S/C12H19NO3/c1-11(2,3)16-10(15)13-7-6-12(8-13)5-4-9(12)14/h4-8H2,1-3H3/t12-/m1/s1. The zero-order chi connectivity index (χ0) is 12.0. The first kappa shape index (κ1) is 11.4. The summed E-state index contributed by atoms with van der Waals surface area (Å²) in [6, 6.07) is 0. The summed E-state index contributed by atoms with van der Waals surface area (Å²) >= 11 is 0. The van der Waals surface area contributed by atoms with Crippen LogP contribution in [0.4, 0.5) is 4.79 Å². The minimum absolute atomic E-state index is 0.211. The highest BCUT2D eigenvalue weighted by molar-refractivity contribution is 5.91. The minimum Gasteiger partial charge on any atom is -0.444 e. The van der Waals surface area contributed by atoms with Gasteiger partial charge in [0, 0.05) is 24.9 Å². The second kappa shape index (κ2) is 3.47. The fourth-order valence-electron chi connectivity index (χ4n) is 2.37. The summed E-state index contributed by atoms with van der Waals surface area (Å²) in [6.45, 7) is 6.77. The molecule has 1 saturated carbocycles. The van der Waals surface area contributed by atoms with Crippen molar-refractivity contribution >= 4 is 11.9 Å². The number of carbonyl (C=O) groups excluding carboxylic acids is 2. The van der Waals surface area contributed by atoms with E-state index in [2.05, 4.69) is 0 Å². The van der Waals surface area contributed by atoms with Crippen molar-refractivity contribution in [2.45, 2.75) is 45.6 Å². The molecule has 1 atom stereocenters. The third-order valence-corrected chi connectivity index (χ3v) is 3.43. The molecule has 0 radical (unpaired) electrons. The smallest absolute Gasteiger partial charge is 0.410 e. The Morgan fingerprint density at radius 2 is 2.06 bits per heavy atom.